The molecule has 0 saturated carbocycles. The van der Waals surface area contributed by atoms with E-state index in [0.29, 0.717) is 10.8 Å². The van der Waals surface area contributed by atoms with Crippen LogP contribution in [0.1, 0.15) is 19.8 Å². The van der Waals surface area contributed by atoms with E-state index in [9.17, 15) is 4.79 Å². The van der Waals surface area contributed by atoms with E-state index >= 15 is 0 Å². The van der Waals surface area contributed by atoms with Crippen LogP contribution in [-0.2, 0) is 11.8 Å². The number of benzene rings is 1. The predicted octanol–water partition coefficient (Wildman–Crippen LogP) is 2.83. The minimum absolute atomic E-state index is 0.0565. The number of carbonyl (C=O) groups excluding carboxylic acids is 1. The summed E-state index contributed by atoms with van der Waals surface area (Å²) in [6.07, 6.45) is 2.05. The lowest BCUT2D eigenvalue weighted by atomic mass is 10.1. The first-order valence-electron chi connectivity index (χ1n) is 8.86. The van der Waals surface area contributed by atoms with Crippen molar-refractivity contribution in [2.24, 2.45) is 7.05 Å². The van der Waals surface area contributed by atoms with Crippen LogP contribution in [0.2, 0.25) is 5.02 Å². The van der Waals surface area contributed by atoms with Gasteiger partial charge in [-0.2, -0.15) is 0 Å². The second-order valence-corrected chi connectivity index (χ2v) is 7.82. The van der Waals surface area contributed by atoms with Crippen molar-refractivity contribution >= 4 is 29.3 Å². The number of hydrogen-bond donors (Lipinski definition) is 1. The molecular weight excluding hydrogens is 370 g/mol. The fraction of sp³-hybridized carbons (Fsp3) is 0.500. The van der Waals surface area contributed by atoms with Crippen molar-refractivity contribution in [3.05, 3.63) is 29.3 Å². The number of amides is 1. The minimum atomic E-state index is 0.0565. The lowest BCUT2D eigenvalue weighted by molar-refractivity contribution is -0.119. The zero-order valence-electron chi connectivity index (χ0n) is 15.1. The fourth-order valence-electron chi connectivity index (χ4n) is 3.08. The Labute approximate surface area is 163 Å². The first kappa shape index (κ1) is 19.2. The number of nitrogens with zero attached hydrogens (tertiary/aromatic N) is 4. The molecule has 3 rings (SSSR count). The molecule has 0 bridgehead atoms. The second kappa shape index (κ2) is 8.88. The highest BCUT2D eigenvalue weighted by Gasteiger charge is 2.20. The number of rotatable bonds is 6. The molecule has 26 heavy (non-hydrogen) atoms. The van der Waals surface area contributed by atoms with Gasteiger partial charge in [-0.3, -0.25) is 4.79 Å². The second-order valence-electron chi connectivity index (χ2n) is 6.44. The maximum absolute atomic E-state index is 12.2. The SMILES string of the molecule is CCN1CCC(NC(=O)CSc2nnc(-c3ccc(Cl)cc3)n2C)CC1. The van der Waals surface area contributed by atoms with Gasteiger partial charge in [0.1, 0.15) is 0 Å². The van der Waals surface area contributed by atoms with Gasteiger partial charge in [-0.15, -0.1) is 10.2 Å². The van der Waals surface area contributed by atoms with Gasteiger partial charge in [0.15, 0.2) is 11.0 Å². The molecular formula is C18H24ClN5OS. The first-order chi connectivity index (χ1) is 12.6. The van der Waals surface area contributed by atoms with Crippen molar-refractivity contribution in [3.8, 4) is 11.4 Å². The molecule has 2 heterocycles. The predicted molar refractivity (Wildman–Crippen MR) is 105 cm³/mol. The number of halogens is 1. The summed E-state index contributed by atoms with van der Waals surface area (Å²) >= 11 is 7.34. The number of piperidine rings is 1. The number of hydrogen-bond acceptors (Lipinski definition) is 5. The molecule has 1 fully saturated rings. The summed E-state index contributed by atoms with van der Waals surface area (Å²) in [5.74, 6) is 1.16. The number of nitrogens with one attached hydrogen (secondary N) is 1. The molecule has 0 atom stereocenters. The fourth-order valence-corrected chi connectivity index (χ4v) is 3.93. The molecule has 1 amide bonds. The van der Waals surface area contributed by atoms with Crippen LogP contribution in [0.4, 0.5) is 0 Å². The van der Waals surface area contributed by atoms with Crippen LogP contribution in [0.5, 0.6) is 0 Å². The first-order valence-corrected chi connectivity index (χ1v) is 10.2. The van der Waals surface area contributed by atoms with E-state index in [1.165, 1.54) is 11.8 Å². The summed E-state index contributed by atoms with van der Waals surface area (Å²) in [7, 11) is 1.91. The summed E-state index contributed by atoms with van der Waals surface area (Å²) in [6, 6.07) is 7.77. The van der Waals surface area contributed by atoms with E-state index in [1.807, 2.05) is 35.9 Å². The maximum atomic E-state index is 12.2. The Balaban J connectivity index is 1.52. The van der Waals surface area contributed by atoms with Crippen molar-refractivity contribution in [1.29, 1.82) is 0 Å². The molecule has 1 aliphatic rings. The maximum Gasteiger partial charge on any atom is 0.230 e. The highest BCUT2D eigenvalue weighted by molar-refractivity contribution is 7.99. The zero-order chi connectivity index (χ0) is 18.5. The Bertz CT molecular complexity index is 741. The lowest BCUT2D eigenvalue weighted by Crippen LogP contribution is -2.45. The Morgan fingerprint density at radius 3 is 2.62 bits per heavy atom. The summed E-state index contributed by atoms with van der Waals surface area (Å²) < 4.78 is 1.90. The van der Waals surface area contributed by atoms with E-state index in [1.54, 1.807) is 0 Å². The van der Waals surface area contributed by atoms with Gasteiger partial charge in [0.25, 0.3) is 0 Å². The van der Waals surface area contributed by atoms with Crippen LogP contribution < -0.4 is 5.32 Å². The molecule has 1 N–H and O–H groups in total. The zero-order valence-corrected chi connectivity index (χ0v) is 16.7. The van der Waals surface area contributed by atoms with Crippen molar-refractivity contribution in [2.75, 3.05) is 25.4 Å². The molecule has 140 valence electrons. The quantitative estimate of drug-likeness (QED) is 0.764. The highest BCUT2D eigenvalue weighted by Crippen LogP contribution is 2.23. The van der Waals surface area contributed by atoms with Gasteiger partial charge in [0, 0.05) is 36.8 Å². The molecule has 0 unspecified atom stereocenters. The van der Waals surface area contributed by atoms with Gasteiger partial charge in [0.2, 0.25) is 5.91 Å². The summed E-state index contributed by atoms with van der Waals surface area (Å²) in [4.78, 5) is 14.7. The smallest absolute Gasteiger partial charge is 0.230 e. The van der Waals surface area contributed by atoms with Gasteiger partial charge in [0.05, 0.1) is 5.75 Å². The van der Waals surface area contributed by atoms with Crippen LogP contribution in [0.3, 0.4) is 0 Å². The number of carbonyl (C=O) groups is 1. The molecule has 1 aromatic carbocycles. The lowest BCUT2D eigenvalue weighted by Gasteiger charge is -2.31. The van der Waals surface area contributed by atoms with Gasteiger partial charge >= 0.3 is 0 Å². The molecule has 6 nitrogen and oxygen atoms in total. The van der Waals surface area contributed by atoms with E-state index in [0.717, 1.165) is 49.0 Å². The molecule has 1 aliphatic heterocycles. The molecule has 0 radical (unpaired) electrons. The molecule has 0 aliphatic carbocycles. The number of thioether (sulfide) groups is 1. The van der Waals surface area contributed by atoms with E-state index in [4.69, 9.17) is 11.6 Å². The largest absolute Gasteiger partial charge is 0.353 e. The Morgan fingerprint density at radius 1 is 1.27 bits per heavy atom. The molecule has 2 aromatic rings. The molecule has 1 aromatic heterocycles. The van der Waals surface area contributed by atoms with Gasteiger partial charge < -0.3 is 14.8 Å². The normalized spacial score (nSPS) is 16.0. The number of likely N-dealkylation sites (tertiary alicyclic amines) is 1. The van der Waals surface area contributed by atoms with Crippen LogP contribution >= 0.6 is 23.4 Å². The Hall–Kier alpha value is -1.57. The van der Waals surface area contributed by atoms with Crippen molar-refractivity contribution in [3.63, 3.8) is 0 Å². The highest BCUT2D eigenvalue weighted by atomic mass is 35.5. The molecule has 8 heteroatoms. The summed E-state index contributed by atoms with van der Waals surface area (Å²) in [5.41, 5.74) is 0.948. The van der Waals surface area contributed by atoms with E-state index in [2.05, 4.69) is 27.3 Å². The van der Waals surface area contributed by atoms with Crippen LogP contribution in [0.15, 0.2) is 29.4 Å². The van der Waals surface area contributed by atoms with Crippen molar-refractivity contribution in [2.45, 2.75) is 31.0 Å². The average molecular weight is 394 g/mol. The van der Waals surface area contributed by atoms with Crippen LogP contribution in [0.25, 0.3) is 11.4 Å². The van der Waals surface area contributed by atoms with E-state index in [-0.39, 0.29) is 11.9 Å². The molecule has 1 saturated heterocycles. The summed E-state index contributed by atoms with van der Waals surface area (Å²) in [6.45, 7) is 5.37. The minimum Gasteiger partial charge on any atom is -0.353 e. The monoisotopic (exact) mass is 393 g/mol. The van der Waals surface area contributed by atoms with E-state index < -0.39 is 0 Å². The van der Waals surface area contributed by atoms with Crippen molar-refractivity contribution in [1.82, 2.24) is 25.0 Å². The standard InChI is InChI=1S/C18H24ClN5OS/c1-3-24-10-8-15(9-11-24)20-16(25)12-26-18-22-21-17(23(18)2)13-4-6-14(19)7-5-13/h4-7,15H,3,8-12H2,1-2H3,(H,20,25). The van der Waals surface area contributed by atoms with Crippen LogP contribution in [-0.4, -0.2) is 57.0 Å². The van der Waals surface area contributed by atoms with Crippen molar-refractivity contribution < 1.29 is 4.79 Å². The number of aromatic nitrogens is 3. The van der Waals surface area contributed by atoms with Gasteiger partial charge in [-0.05, 0) is 43.7 Å². The molecule has 0 spiro atoms. The topological polar surface area (TPSA) is 63.1 Å². The van der Waals surface area contributed by atoms with Gasteiger partial charge in [-0.25, -0.2) is 0 Å². The van der Waals surface area contributed by atoms with Crippen LogP contribution in [0, 0.1) is 0 Å². The Morgan fingerprint density at radius 2 is 1.96 bits per heavy atom. The van der Waals surface area contributed by atoms with Gasteiger partial charge in [-0.1, -0.05) is 30.3 Å². The summed E-state index contributed by atoms with van der Waals surface area (Å²) in [5, 5.41) is 13.0. The third-order valence-corrected chi connectivity index (χ3v) is 5.94. The third-order valence-electron chi connectivity index (χ3n) is 4.67. The average Bonchev–Trinajstić information content (AvgIpc) is 3.02. The third kappa shape index (κ3) is 4.78. The Kier molecular flexibility index (Phi) is 6.56.